The molecule has 0 radical (unpaired) electrons. The van der Waals surface area contributed by atoms with Crippen LogP contribution in [0.2, 0.25) is 0 Å². The average molecular weight is 425 g/mol. The van der Waals surface area contributed by atoms with Crippen LogP contribution in [0.4, 0.5) is 15.2 Å². The third kappa shape index (κ3) is 5.02. The van der Waals surface area contributed by atoms with Gasteiger partial charge in [-0.25, -0.2) is 9.37 Å². The van der Waals surface area contributed by atoms with Crippen molar-refractivity contribution in [3.63, 3.8) is 0 Å². The Balaban J connectivity index is 1.40. The molecule has 0 saturated carbocycles. The van der Waals surface area contributed by atoms with E-state index in [1.807, 2.05) is 29.3 Å². The van der Waals surface area contributed by atoms with Crippen molar-refractivity contribution in [1.29, 1.82) is 0 Å². The summed E-state index contributed by atoms with van der Waals surface area (Å²) in [5, 5.41) is 6.10. The number of aryl methyl sites for hydroxylation is 2. The predicted octanol–water partition coefficient (Wildman–Crippen LogP) is 5.42. The number of anilines is 2. The molecular formula is C23H25FN4OS. The minimum atomic E-state index is -0.232. The SMILES string of the molecule is Cc1cc(Nc2nccs2)cc([C@@H]2CCCN2C(=O)CCCc2ccc(F)cc2)n1. The van der Waals surface area contributed by atoms with E-state index in [0.717, 1.165) is 60.0 Å². The predicted molar refractivity (Wildman–Crippen MR) is 117 cm³/mol. The van der Waals surface area contributed by atoms with Crippen LogP contribution in [0.3, 0.4) is 0 Å². The quantitative estimate of drug-likeness (QED) is 0.551. The minimum Gasteiger partial charge on any atom is -0.334 e. The van der Waals surface area contributed by atoms with Crippen LogP contribution in [0.25, 0.3) is 0 Å². The van der Waals surface area contributed by atoms with Gasteiger partial charge in [0.15, 0.2) is 5.13 Å². The Morgan fingerprint density at radius 1 is 1.30 bits per heavy atom. The van der Waals surface area contributed by atoms with Gasteiger partial charge in [0, 0.05) is 35.9 Å². The van der Waals surface area contributed by atoms with Crippen LogP contribution in [0.1, 0.15) is 48.7 Å². The van der Waals surface area contributed by atoms with Crippen molar-refractivity contribution in [1.82, 2.24) is 14.9 Å². The largest absolute Gasteiger partial charge is 0.334 e. The molecular weight excluding hydrogens is 399 g/mol. The van der Waals surface area contributed by atoms with Gasteiger partial charge < -0.3 is 10.2 Å². The summed E-state index contributed by atoms with van der Waals surface area (Å²) in [6.07, 6.45) is 5.70. The number of nitrogens with one attached hydrogen (secondary N) is 1. The Morgan fingerprint density at radius 3 is 2.90 bits per heavy atom. The number of aromatic nitrogens is 2. The first-order valence-corrected chi connectivity index (χ1v) is 11.2. The molecule has 0 aliphatic carbocycles. The Labute approximate surface area is 180 Å². The second-order valence-corrected chi connectivity index (χ2v) is 8.50. The molecule has 1 saturated heterocycles. The maximum atomic E-state index is 13.0. The highest BCUT2D eigenvalue weighted by atomic mass is 32.1. The van der Waals surface area contributed by atoms with Gasteiger partial charge in [-0.3, -0.25) is 9.78 Å². The normalized spacial score (nSPS) is 16.1. The molecule has 3 heterocycles. The maximum Gasteiger partial charge on any atom is 0.223 e. The number of rotatable bonds is 7. The Morgan fingerprint density at radius 2 is 2.13 bits per heavy atom. The molecule has 4 rings (SSSR count). The molecule has 1 atom stereocenters. The number of likely N-dealkylation sites (tertiary alicyclic amines) is 1. The van der Waals surface area contributed by atoms with Crippen molar-refractivity contribution >= 4 is 28.1 Å². The molecule has 3 aromatic rings. The van der Waals surface area contributed by atoms with Crippen LogP contribution in [-0.2, 0) is 11.2 Å². The fourth-order valence-corrected chi connectivity index (χ4v) is 4.51. The van der Waals surface area contributed by atoms with Gasteiger partial charge >= 0.3 is 0 Å². The van der Waals surface area contributed by atoms with E-state index in [1.54, 1.807) is 29.7 Å². The summed E-state index contributed by atoms with van der Waals surface area (Å²) in [6.45, 7) is 2.74. The first-order chi connectivity index (χ1) is 14.6. The molecule has 1 aliphatic heterocycles. The van der Waals surface area contributed by atoms with E-state index < -0.39 is 0 Å². The first-order valence-electron chi connectivity index (χ1n) is 10.3. The van der Waals surface area contributed by atoms with Crippen LogP contribution in [0, 0.1) is 12.7 Å². The number of hydrogen-bond donors (Lipinski definition) is 1. The molecule has 30 heavy (non-hydrogen) atoms. The lowest BCUT2D eigenvalue weighted by atomic mass is 10.1. The molecule has 1 aliphatic rings. The summed E-state index contributed by atoms with van der Waals surface area (Å²) in [7, 11) is 0. The summed E-state index contributed by atoms with van der Waals surface area (Å²) in [4.78, 5) is 23.9. The lowest BCUT2D eigenvalue weighted by molar-refractivity contribution is -0.132. The lowest BCUT2D eigenvalue weighted by Crippen LogP contribution is -2.31. The van der Waals surface area contributed by atoms with Crippen molar-refractivity contribution in [2.45, 2.75) is 45.1 Å². The maximum absolute atomic E-state index is 13.0. The number of hydrogen-bond acceptors (Lipinski definition) is 5. The minimum absolute atomic E-state index is 0.0140. The summed E-state index contributed by atoms with van der Waals surface area (Å²) in [6, 6.07) is 10.5. The van der Waals surface area contributed by atoms with Crippen molar-refractivity contribution in [3.8, 4) is 0 Å². The molecule has 1 aromatic carbocycles. The van der Waals surface area contributed by atoms with E-state index in [0.29, 0.717) is 6.42 Å². The fourth-order valence-electron chi connectivity index (χ4n) is 3.96. The summed E-state index contributed by atoms with van der Waals surface area (Å²) in [5.74, 6) is -0.0681. The van der Waals surface area contributed by atoms with Crippen LogP contribution in [0.5, 0.6) is 0 Å². The zero-order chi connectivity index (χ0) is 20.9. The molecule has 156 valence electrons. The number of halogens is 1. The van der Waals surface area contributed by atoms with E-state index in [1.165, 1.54) is 12.1 Å². The number of pyridine rings is 1. The van der Waals surface area contributed by atoms with E-state index in [2.05, 4.69) is 10.3 Å². The number of carbonyl (C=O) groups is 1. The van der Waals surface area contributed by atoms with E-state index in [4.69, 9.17) is 4.98 Å². The standard InChI is InChI=1S/C23H25FN4OS/c1-16-14-19(27-23-25-11-13-30-23)15-20(26-16)21-5-3-12-28(21)22(29)6-2-4-17-7-9-18(24)10-8-17/h7-11,13-15,21H,2-6,12H2,1H3,(H,25,26,27)/t21-/m0/s1. The number of amides is 1. The highest BCUT2D eigenvalue weighted by molar-refractivity contribution is 7.13. The highest BCUT2D eigenvalue weighted by Crippen LogP contribution is 2.33. The zero-order valence-corrected chi connectivity index (χ0v) is 17.8. The molecule has 7 heteroatoms. The van der Waals surface area contributed by atoms with E-state index in [9.17, 15) is 9.18 Å². The van der Waals surface area contributed by atoms with Gasteiger partial charge in [0.05, 0.1) is 11.7 Å². The van der Waals surface area contributed by atoms with Crippen molar-refractivity contribution in [3.05, 3.63) is 70.7 Å². The molecule has 2 aromatic heterocycles. The molecule has 0 bridgehead atoms. The topological polar surface area (TPSA) is 58.1 Å². The first kappa shape index (κ1) is 20.5. The fraction of sp³-hybridized carbons (Fsp3) is 0.348. The van der Waals surface area contributed by atoms with Crippen molar-refractivity contribution < 1.29 is 9.18 Å². The van der Waals surface area contributed by atoms with Gasteiger partial charge in [-0.05, 0) is 62.4 Å². The van der Waals surface area contributed by atoms with Gasteiger partial charge in [-0.1, -0.05) is 12.1 Å². The van der Waals surface area contributed by atoms with Gasteiger partial charge in [0.1, 0.15) is 5.82 Å². The summed E-state index contributed by atoms with van der Waals surface area (Å²) < 4.78 is 13.0. The smallest absolute Gasteiger partial charge is 0.223 e. The number of thiazole rings is 1. The van der Waals surface area contributed by atoms with Gasteiger partial charge in [0.2, 0.25) is 5.91 Å². The van der Waals surface area contributed by atoms with Crippen molar-refractivity contribution in [2.24, 2.45) is 0 Å². The second-order valence-electron chi connectivity index (χ2n) is 7.61. The van der Waals surface area contributed by atoms with Gasteiger partial charge in [0.25, 0.3) is 0 Å². The lowest BCUT2D eigenvalue weighted by Gasteiger charge is -2.25. The molecule has 5 nitrogen and oxygen atoms in total. The third-order valence-corrected chi connectivity index (χ3v) is 6.03. The van der Waals surface area contributed by atoms with Gasteiger partial charge in [-0.15, -0.1) is 11.3 Å². The number of benzene rings is 1. The van der Waals surface area contributed by atoms with Crippen LogP contribution < -0.4 is 5.32 Å². The number of carbonyl (C=O) groups excluding carboxylic acids is 1. The Hall–Kier alpha value is -2.80. The zero-order valence-electron chi connectivity index (χ0n) is 17.0. The molecule has 1 N–H and O–H groups in total. The van der Waals surface area contributed by atoms with E-state index in [-0.39, 0.29) is 17.8 Å². The average Bonchev–Trinajstić information content (AvgIpc) is 3.41. The summed E-state index contributed by atoms with van der Waals surface area (Å²) >= 11 is 1.55. The molecule has 1 fully saturated rings. The number of nitrogens with zero attached hydrogens (tertiary/aromatic N) is 3. The van der Waals surface area contributed by atoms with Crippen LogP contribution in [0.15, 0.2) is 48.0 Å². The molecule has 1 amide bonds. The van der Waals surface area contributed by atoms with Crippen LogP contribution in [-0.4, -0.2) is 27.3 Å². The summed E-state index contributed by atoms with van der Waals surface area (Å²) in [5.41, 5.74) is 3.85. The van der Waals surface area contributed by atoms with Crippen molar-refractivity contribution in [2.75, 3.05) is 11.9 Å². The highest BCUT2D eigenvalue weighted by Gasteiger charge is 2.30. The van der Waals surface area contributed by atoms with E-state index >= 15 is 0 Å². The second kappa shape index (κ2) is 9.34. The van der Waals surface area contributed by atoms with Gasteiger partial charge in [-0.2, -0.15) is 0 Å². The Kier molecular flexibility index (Phi) is 6.38. The van der Waals surface area contributed by atoms with Crippen LogP contribution >= 0.6 is 11.3 Å². The molecule has 0 unspecified atom stereocenters. The molecule has 0 spiro atoms. The Bertz CT molecular complexity index is 991. The monoisotopic (exact) mass is 424 g/mol. The third-order valence-electron chi connectivity index (χ3n) is 5.34.